The van der Waals surface area contributed by atoms with Crippen LogP contribution >= 0.6 is 0 Å². The second-order valence-electron chi connectivity index (χ2n) is 14.2. The van der Waals surface area contributed by atoms with Gasteiger partial charge in [-0.25, -0.2) is 0 Å². The predicted molar refractivity (Wildman–Crippen MR) is 208 cm³/mol. The monoisotopic (exact) mass is 853 g/mol. The minimum atomic E-state index is 0. The molecule has 9 rings (SSSR count). The van der Waals surface area contributed by atoms with Gasteiger partial charge in [0.05, 0.1) is 0 Å². The summed E-state index contributed by atoms with van der Waals surface area (Å²) in [5.74, 6) is 3.29. The molecule has 0 amide bonds. The van der Waals surface area contributed by atoms with Crippen molar-refractivity contribution in [3.05, 3.63) is 163 Å². The Morgan fingerprint density at radius 1 is 0.635 bits per heavy atom. The van der Waals surface area contributed by atoms with Crippen LogP contribution in [0.4, 0.5) is 0 Å². The molecule has 1 radical (unpaired) electrons. The number of ether oxygens (including phenoxy) is 2. The molecule has 0 atom stereocenters. The average Bonchev–Trinajstić information content (AvgIpc) is 3.15. The fraction of sp³-hybridized carbons (Fsp3) is 0.130. The van der Waals surface area contributed by atoms with Crippen LogP contribution < -0.4 is 25.9 Å². The molecule has 257 valence electrons. The molecule has 0 spiro atoms. The van der Waals surface area contributed by atoms with Crippen molar-refractivity contribution in [3.8, 4) is 56.6 Å². The summed E-state index contributed by atoms with van der Waals surface area (Å²) >= 11 is 0. The van der Waals surface area contributed by atoms with Gasteiger partial charge in [0.2, 0.25) is 6.71 Å². The number of para-hydroxylation sites is 2. The Morgan fingerprint density at radius 3 is 2.00 bits per heavy atom. The summed E-state index contributed by atoms with van der Waals surface area (Å²) in [6, 6.07) is 47.9. The summed E-state index contributed by atoms with van der Waals surface area (Å²) in [4.78, 5) is 9.26. The molecule has 5 aromatic carbocycles. The molecule has 2 aliphatic rings. The van der Waals surface area contributed by atoms with Gasteiger partial charge in [0.1, 0.15) is 11.5 Å². The Kier molecular flexibility index (Phi) is 9.72. The molecule has 52 heavy (non-hydrogen) atoms. The Morgan fingerprint density at radius 2 is 1.33 bits per heavy atom. The van der Waals surface area contributed by atoms with E-state index in [4.69, 9.17) is 14.5 Å². The van der Waals surface area contributed by atoms with Crippen LogP contribution in [-0.2, 0) is 25.5 Å². The Bertz CT molecular complexity index is 2380. The number of fused-ring (bicyclic) bond motifs is 4. The maximum absolute atomic E-state index is 6.52. The minimum Gasteiger partial charge on any atom is -0.503 e. The molecule has 2 aliphatic heterocycles. The molecule has 4 nitrogen and oxygen atoms in total. The first kappa shape index (κ1) is 35.1. The smallest absolute Gasteiger partial charge is 0.239 e. The van der Waals surface area contributed by atoms with Crippen molar-refractivity contribution < 1.29 is 29.6 Å². The van der Waals surface area contributed by atoms with E-state index in [0.717, 1.165) is 73.0 Å². The molecule has 2 aromatic heterocycles. The number of nitrogens with zero attached hydrogens (tertiary/aromatic N) is 2. The number of aryl methyl sites for hydroxylation is 2. The van der Waals surface area contributed by atoms with Gasteiger partial charge in [0, 0.05) is 44.0 Å². The summed E-state index contributed by atoms with van der Waals surface area (Å²) in [5.41, 5.74) is 13.3. The number of aromatic nitrogens is 2. The number of rotatable bonds is 3. The van der Waals surface area contributed by atoms with Gasteiger partial charge in [0.25, 0.3) is 0 Å². The van der Waals surface area contributed by atoms with Gasteiger partial charge in [-0.15, -0.1) is 47.5 Å². The maximum atomic E-state index is 6.52. The van der Waals surface area contributed by atoms with Crippen LogP contribution in [0.15, 0.2) is 134 Å². The second kappa shape index (κ2) is 14.4. The quantitative estimate of drug-likeness (QED) is 0.131. The van der Waals surface area contributed by atoms with Gasteiger partial charge in [0.15, 0.2) is 0 Å². The molecule has 0 aliphatic carbocycles. The van der Waals surface area contributed by atoms with Gasteiger partial charge < -0.3 is 19.4 Å². The third kappa shape index (κ3) is 6.73. The number of hydrogen-bond acceptors (Lipinski definition) is 4. The van der Waals surface area contributed by atoms with Gasteiger partial charge >= 0.3 is 0 Å². The molecule has 0 fully saturated rings. The van der Waals surface area contributed by atoms with Crippen molar-refractivity contribution in [2.45, 2.75) is 40.0 Å². The molecule has 0 saturated carbocycles. The standard InChI is InChI=1S/C29H17BNO2.C17H20N.Ir/c1-2-8-19(9-3-1)20-16-17-31-24(18-20)21-14-15-27-28-29(21)33-26-13-7-5-11-23(26)30(28)22-10-4-6-12-25(22)32-27;1-12-6-8-14(9-7-12)16-10-13(2)15(11-18-16)17(3,4)5;/h1-13,15-18H;6-8,10-11H,1-5H3;/q2*-1;. The van der Waals surface area contributed by atoms with Gasteiger partial charge in [-0.2, -0.15) is 0 Å². The van der Waals surface area contributed by atoms with Crippen molar-refractivity contribution in [1.82, 2.24) is 9.97 Å². The van der Waals surface area contributed by atoms with Crippen LogP contribution in [0.5, 0.6) is 23.0 Å². The minimum absolute atomic E-state index is 0. The van der Waals surface area contributed by atoms with E-state index < -0.39 is 0 Å². The largest absolute Gasteiger partial charge is 0.503 e. The predicted octanol–water partition coefficient (Wildman–Crippen LogP) is 9.40. The van der Waals surface area contributed by atoms with Crippen LogP contribution in [0, 0.1) is 26.0 Å². The Balaban J connectivity index is 0.000000189. The zero-order valence-electron chi connectivity index (χ0n) is 29.8. The Hall–Kier alpha value is -5.29. The van der Waals surface area contributed by atoms with Gasteiger partial charge in [-0.1, -0.05) is 123 Å². The zero-order valence-corrected chi connectivity index (χ0v) is 32.2. The van der Waals surface area contributed by atoms with Crippen LogP contribution in [0.25, 0.3) is 33.6 Å². The first-order chi connectivity index (χ1) is 24.7. The molecule has 0 bridgehead atoms. The van der Waals surface area contributed by atoms with Crippen LogP contribution in [0.1, 0.15) is 37.5 Å². The zero-order chi connectivity index (χ0) is 35.1. The third-order valence-electron chi connectivity index (χ3n) is 9.55. The molecular formula is C46H37BIrN2O2-2. The fourth-order valence-electron chi connectivity index (χ4n) is 7.04. The number of benzene rings is 5. The molecular weight excluding hydrogens is 816 g/mol. The maximum Gasteiger partial charge on any atom is 0.239 e. The molecule has 0 unspecified atom stereocenters. The first-order valence-electron chi connectivity index (χ1n) is 17.3. The van der Waals surface area contributed by atoms with Crippen LogP contribution in [0.3, 0.4) is 0 Å². The average molecular weight is 853 g/mol. The van der Waals surface area contributed by atoms with E-state index in [9.17, 15) is 0 Å². The molecule has 6 heteroatoms. The van der Waals surface area contributed by atoms with Crippen molar-refractivity contribution in [2.24, 2.45) is 0 Å². The molecule has 0 saturated heterocycles. The summed E-state index contributed by atoms with van der Waals surface area (Å²) in [6.07, 6.45) is 3.84. The molecule has 4 heterocycles. The van der Waals surface area contributed by atoms with E-state index in [2.05, 4.69) is 112 Å². The summed E-state index contributed by atoms with van der Waals surface area (Å²) < 4.78 is 12.8. The van der Waals surface area contributed by atoms with E-state index in [-0.39, 0.29) is 32.2 Å². The van der Waals surface area contributed by atoms with E-state index in [0.29, 0.717) is 0 Å². The second-order valence-corrected chi connectivity index (χ2v) is 14.2. The van der Waals surface area contributed by atoms with Crippen LogP contribution in [0.2, 0.25) is 0 Å². The third-order valence-corrected chi connectivity index (χ3v) is 9.55. The molecule has 0 N–H and O–H groups in total. The van der Waals surface area contributed by atoms with Crippen molar-refractivity contribution in [1.29, 1.82) is 0 Å². The van der Waals surface area contributed by atoms with E-state index in [1.165, 1.54) is 16.7 Å². The Labute approximate surface area is 320 Å². The molecule has 7 aromatic rings. The number of pyridine rings is 2. The van der Waals surface area contributed by atoms with E-state index >= 15 is 0 Å². The van der Waals surface area contributed by atoms with Crippen molar-refractivity contribution >= 4 is 23.1 Å². The fourth-order valence-corrected chi connectivity index (χ4v) is 7.04. The summed E-state index contributed by atoms with van der Waals surface area (Å²) in [5, 5.41) is 0. The summed E-state index contributed by atoms with van der Waals surface area (Å²) in [6.45, 7) is 10.9. The van der Waals surface area contributed by atoms with Crippen LogP contribution in [-0.4, -0.2) is 16.7 Å². The van der Waals surface area contributed by atoms with Crippen molar-refractivity contribution in [2.75, 3.05) is 0 Å². The SMILES string of the molecule is Cc1c[c-]c(-c2cc(C)c(C(C)(C)C)cn2)cc1.[Ir].[c-]1cc2c3c(c1-c1cc(-c4ccccc4)ccn1)Oc1ccccc1B3c1ccccc1O2. The van der Waals surface area contributed by atoms with Gasteiger partial charge in [-0.05, 0) is 69.5 Å². The van der Waals surface area contributed by atoms with Crippen molar-refractivity contribution in [3.63, 3.8) is 0 Å². The van der Waals surface area contributed by atoms with Gasteiger partial charge in [-0.3, -0.25) is 0 Å². The normalized spacial score (nSPS) is 12.1. The summed E-state index contributed by atoms with van der Waals surface area (Å²) in [7, 11) is 0. The topological polar surface area (TPSA) is 44.2 Å². The van der Waals surface area contributed by atoms with E-state index in [1.54, 1.807) is 0 Å². The first-order valence-corrected chi connectivity index (χ1v) is 17.3. The van der Waals surface area contributed by atoms with E-state index in [1.807, 2.05) is 73.1 Å². The number of hydrogen-bond donors (Lipinski definition) is 0.